The van der Waals surface area contributed by atoms with Gasteiger partial charge in [-0.3, -0.25) is 0 Å². The lowest BCUT2D eigenvalue weighted by atomic mass is 9.99. The first-order chi connectivity index (χ1) is 7.71. The van der Waals surface area contributed by atoms with Gasteiger partial charge < -0.3 is 5.73 Å². The standard InChI is InChI=1S/C12H13ClF3N.ClH/c1-7(2)5-11(17)9-6-8(12(14,15)16)3-4-10(9)13;/h3-4,6,11H,1,5,17H2,2H3;1H/t11-;/m0./s1. The third kappa shape index (κ3) is 4.52. The molecule has 0 spiro atoms. The summed E-state index contributed by atoms with van der Waals surface area (Å²) in [7, 11) is 0. The second kappa shape index (κ2) is 6.45. The van der Waals surface area contributed by atoms with Crippen LogP contribution in [-0.2, 0) is 6.18 Å². The zero-order valence-electron chi connectivity index (χ0n) is 9.72. The van der Waals surface area contributed by atoms with Crippen molar-refractivity contribution in [2.75, 3.05) is 0 Å². The van der Waals surface area contributed by atoms with Gasteiger partial charge in [0.1, 0.15) is 0 Å². The molecule has 0 aliphatic heterocycles. The van der Waals surface area contributed by atoms with Gasteiger partial charge in [-0.15, -0.1) is 19.0 Å². The average Bonchev–Trinajstić information content (AvgIpc) is 2.15. The van der Waals surface area contributed by atoms with E-state index in [9.17, 15) is 13.2 Å². The molecule has 0 saturated carbocycles. The molecule has 0 unspecified atom stereocenters. The second-order valence-electron chi connectivity index (χ2n) is 4.00. The number of benzene rings is 1. The number of alkyl halides is 3. The van der Waals surface area contributed by atoms with Crippen LogP contribution in [0, 0.1) is 0 Å². The van der Waals surface area contributed by atoms with Crippen molar-refractivity contribution >= 4 is 24.0 Å². The Hall–Kier alpha value is -0.710. The molecule has 1 rings (SSSR count). The lowest BCUT2D eigenvalue weighted by Gasteiger charge is -2.16. The molecule has 0 amide bonds. The Bertz CT molecular complexity index is 430. The van der Waals surface area contributed by atoms with Gasteiger partial charge >= 0.3 is 6.18 Å². The van der Waals surface area contributed by atoms with Gasteiger partial charge in [0.25, 0.3) is 0 Å². The maximum Gasteiger partial charge on any atom is 0.416 e. The van der Waals surface area contributed by atoms with Crippen LogP contribution in [0.1, 0.15) is 30.5 Å². The van der Waals surface area contributed by atoms with Crippen molar-refractivity contribution in [1.82, 2.24) is 0 Å². The molecule has 0 radical (unpaired) electrons. The van der Waals surface area contributed by atoms with E-state index in [2.05, 4.69) is 6.58 Å². The summed E-state index contributed by atoms with van der Waals surface area (Å²) in [5.74, 6) is 0. The van der Waals surface area contributed by atoms with E-state index in [-0.39, 0.29) is 17.4 Å². The molecular weight excluding hydrogens is 286 g/mol. The fourth-order valence-electron chi connectivity index (χ4n) is 1.49. The molecule has 1 aromatic carbocycles. The van der Waals surface area contributed by atoms with Gasteiger partial charge in [0.2, 0.25) is 0 Å². The van der Waals surface area contributed by atoms with Crippen molar-refractivity contribution in [2.24, 2.45) is 5.73 Å². The van der Waals surface area contributed by atoms with Gasteiger partial charge in [-0.05, 0) is 37.1 Å². The summed E-state index contributed by atoms with van der Waals surface area (Å²) < 4.78 is 37.6. The van der Waals surface area contributed by atoms with Crippen LogP contribution in [0.25, 0.3) is 0 Å². The van der Waals surface area contributed by atoms with E-state index in [0.717, 1.165) is 17.7 Å². The lowest BCUT2D eigenvalue weighted by Crippen LogP contribution is -2.13. The van der Waals surface area contributed by atoms with Crippen LogP contribution in [0.2, 0.25) is 5.02 Å². The van der Waals surface area contributed by atoms with Crippen LogP contribution >= 0.6 is 24.0 Å². The largest absolute Gasteiger partial charge is 0.416 e. The van der Waals surface area contributed by atoms with E-state index in [0.29, 0.717) is 12.0 Å². The smallest absolute Gasteiger partial charge is 0.324 e. The Balaban J connectivity index is 0.00000289. The van der Waals surface area contributed by atoms with E-state index in [1.54, 1.807) is 6.92 Å². The van der Waals surface area contributed by atoms with Crippen molar-refractivity contribution in [2.45, 2.75) is 25.6 Å². The van der Waals surface area contributed by atoms with Crippen molar-refractivity contribution in [3.63, 3.8) is 0 Å². The van der Waals surface area contributed by atoms with Crippen LogP contribution < -0.4 is 5.73 Å². The van der Waals surface area contributed by atoms with Crippen molar-refractivity contribution in [3.8, 4) is 0 Å². The Morgan fingerprint density at radius 1 is 1.44 bits per heavy atom. The minimum Gasteiger partial charge on any atom is -0.324 e. The fraction of sp³-hybridized carbons (Fsp3) is 0.333. The molecule has 1 nitrogen and oxygen atoms in total. The van der Waals surface area contributed by atoms with Gasteiger partial charge in [-0.1, -0.05) is 17.2 Å². The monoisotopic (exact) mass is 299 g/mol. The number of nitrogens with two attached hydrogens (primary N) is 1. The van der Waals surface area contributed by atoms with Crippen molar-refractivity contribution in [1.29, 1.82) is 0 Å². The summed E-state index contributed by atoms with van der Waals surface area (Å²) in [4.78, 5) is 0. The zero-order valence-corrected chi connectivity index (χ0v) is 11.3. The maximum atomic E-state index is 12.5. The predicted octanol–water partition coefficient (Wildman–Crippen LogP) is 4.75. The first kappa shape index (κ1) is 17.3. The van der Waals surface area contributed by atoms with Crippen molar-refractivity contribution < 1.29 is 13.2 Å². The van der Waals surface area contributed by atoms with Gasteiger partial charge in [-0.2, -0.15) is 13.2 Å². The van der Waals surface area contributed by atoms with Crippen LogP contribution in [0.5, 0.6) is 0 Å². The first-order valence-corrected chi connectivity index (χ1v) is 5.36. The molecule has 2 N–H and O–H groups in total. The molecule has 0 bridgehead atoms. The molecule has 0 aliphatic carbocycles. The van der Waals surface area contributed by atoms with E-state index >= 15 is 0 Å². The highest BCUT2D eigenvalue weighted by Gasteiger charge is 2.31. The van der Waals surface area contributed by atoms with E-state index in [1.807, 2.05) is 0 Å². The number of hydrogen-bond acceptors (Lipinski definition) is 1. The molecule has 1 aromatic rings. The Kier molecular flexibility index (Phi) is 6.20. The third-order valence-corrected chi connectivity index (χ3v) is 2.64. The molecule has 102 valence electrons. The fourth-order valence-corrected chi connectivity index (χ4v) is 1.75. The van der Waals surface area contributed by atoms with Gasteiger partial charge in [0.05, 0.1) is 5.56 Å². The number of halogens is 5. The van der Waals surface area contributed by atoms with Crippen molar-refractivity contribution in [3.05, 3.63) is 46.5 Å². The first-order valence-electron chi connectivity index (χ1n) is 4.98. The summed E-state index contributed by atoms with van der Waals surface area (Å²) in [5.41, 5.74) is 6.15. The molecule has 18 heavy (non-hydrogen) atoms. The molecule has 1 atom stereocenters. The Morgan fingerprint density at radius 2 is 2.00 bits per heavy atom. The molecule has 0 aromatic heterocycles. The molecule has 0 fully saturated rings. The molecule has 0 saturated heterocycles. The Labute approximate surface area is 115 Å². The maximum absolute atomic E-state index is 12.5. The predicted molar refractivity (Wildman–Crippen MR) is 70.1 cm³/mol. The summed E-state index contributed by atoms with van der Waals surface area (Å²) >= 11 is 5.85. The van der Waals surface area contributed by atoms with E-state index < -0.39 is 17.8 Å². The summed E-state index contributed by atoms with van der Waals surface area (Å²) in [5, 5.41) is 0.242. The summed E-state index contributed by atoms with van der Waals surface area (Å²) in [6.07, 6.45) is -3.98. The second-order valence-corrected chi connectivity index (χ2v) is 4.41. The quantitative estimate of drug-likeness (QED) is 0.801. The highest BCUT2D eigenvalue weighted by atomic mass is 35.5. The van der Waals surface area contributed by atoms with E-state index in [4.69, 9.17) is 17.3 Å². The van der Waals surface area contributed by atoms with E-state index in [1.165, 1.54) is 6.07 Å². The molecule has 0 aliphatic rings. The highest BCUT2D eigenvalue weighted by Crippen LogP contribution is 2.34. The molecular formula is C12H14Cl2F3N. The topological polar surface area (TPSA) is 26.0 Å². The van der Waals surface area contributed by atoms with Crippen LogP contribution in [-0.4, -0.2) is 0 Å². The normalized spacial score (nSPS) is 12.8. The van der Waals surface area contributed by atoms with Crippen LogP contribution in [0.15, 0.2) is 30.4 Å². The van der Waals surface area contributed by atoms with Gasteiger partial charge in [0.15, 0.2) is 0 Å². The highest BCUT2D eigenvalue weighted by molar-refractivity contribution is 6.31. The Morgan fingerprint density at radius 3 is 2.44 bits per heavy atom. The number of rotatable bonds is 3. The van der Waals surface area contributed by atoms with Crippen LogP contribution in [0.4, 0.5) is 13.2 Å². The summed E-state index contributed by atoms with van der Waals surface area (Å²) in [6, 6.07) is 2.59. The summed E-state index contributed by atoms with van der Waals surface area (Å²) in [6.45, 7) is 5.44. The number of hydrogen-bond donors (Lipinski definition) is 1. The minimum absolute atomic E-state index is 0. The third-order valence-electron chi connectivity index (χ3n) is 2.29. The lowest BCUT2D eigenvalue weighted by molar-refractivity contribution is -0.137. The molecule has 6 heteroatoms. The van der Waals surface area contributed by atoms with Crippen LogP contribution in [0.3, 0.4) is 0 Å². The van der Waals surface area contributed by atoms with Gasteiger partial charge in [0, 0.05) is 11.1 Å². The van der Waals surface area contributed by atoms with Gasteiger partial charge in [-0.25, -0.2) is 0 Å². The minimum atomic E-state index is -4.39. The zero-order chi connectivity index (χ0) is 13.2. The molecule has 0 heterocycles. The SMILES string of the molecule is C=C(C)C[C@H](N)c1cc(C(F)(F)F)ccc1Cl.Cl. The average molecular weight is 300 g/mol.